The van der Waals surface area contributed by atoms with E-state index in [1.54, 1.807) is 6.07 Å². The van der Waals surface area contributed by atoms with Crippen molar-refractivity contribution in [1.82, 2.24) is 5.32 Å². The Balaban J connectivity index is 2.96. The molecule has 0 bridgehead atoms. The maximum Gasteiger partial charge on any atom is 0.318 e. The molecule has 0 fully saturated rings. The number of carbonyl (C=O) groups excluding carboxylic acids is 2. The summed E-state index contributed by atoms with van der Waals surface area (Å²) in [7, 11) is -1.73. The first-order valence-corrected chi connectivity index (χ1v) is 6.48. The average molecular weight is 290 g/mol. The fourth-order valence-electron chi connectivity index (χ4n) is 1.18. The summed E-state index contributed by atoms with van der Waals surface area (Å²) in [6.45, 7) is 1.40. The third kappa shape index (κ3) is 3.44. The molecule has 2 unspecified atom stereocenters. The quantitative estimate of drug-likeness (QED) is 0.707. The SMILES string of the molecule is CC(C(=O)NC(N)=O)S(=O)c1cc(N)ccc1Cl. The Hall–Kier alpha value is -1.60. The lowest BCUT2D eigenvalue weighted by Gasteiger charge is -2.11. The summed E-state index contributed by atoms with van der Waals surface area (Å²) in [6, 6.07) is 3.47. The molecule has 1 aromatic carbocycles. The van der Waals surface area contributed by atoms with E-state index in [1.165, 1.54) is 19.1 Å². The van der Waals surface area contributed by atoms with Crippen molar-refractivity contribution >= 4 is 40.0 Å². The monoisotopic (exact) mass is 289 g/mol. The number of primary amides is 1. The van der Waals surface area contributed by atoms with Gasteiger partial charge in [-0.3, -0.25) is 14.3 Å². The Morgan fingerprint density at radius 1 is 1.44 bits per heavy atom. The van der Waals surface area contributed by atoms with Gasteiger partial charge in [0.25, 0.3) is 0 Å². The summed E-state index contributed by atoms with van der Waals surface area (Å²) >= 11 is 5.87. The number of anilines is 1. The molecule has 1 rings (SSSR count). The summed E-state index contributed by atoms with van der Waals surface area (Å²) in [5.74, 6) is -0.737. The summed E-state index contributed by atoms with van der Waals surface area (Å²) in [5, 5.41) is 1.12. The number of nitrogens with one attached hydrogen (secondary N) is 1. The maximum atomic E-state index is 12.1. The van der Waals surface area contributed by atoms with E-state index in [1.807, 2.05) is 5.32 Å². The van der Waals surface area contributed by atoms with E-state index in [0.717, 1.165) is 0 Å². The molecule has 5 N–H and O–H groups in total. The molecule has 0 saturated heterocycles. The first kappa shape index (κ1) is 14.5. The molecular formula is C10H12ClN3O3S. The van der Waals surface area contributed by atoms with Gasteiger partial charge in [-0.05, 0) is 25.1 Å². The van der Waals surface area contributed by atoms with Crippen molar-refractivity contribution in [3.63, 3.8) is 0 Å². The number of nitrogens with two attached hydrogens (primary N) is 2. The van der Waals surface area contributed by atoms with Crippen LogP contribution >= 0.6 is 11.6 Å². The van der Waals surface area contributed by atoms with Gasteiger partial charge in [0, 0.05) is 5.69 Å². The Morgan fingerprint density at radius 3 is 2.61 bits per heavy atom. The van der Waals surface area contributed by atoms with Crippen LogP contribution in [0, 0.1) is 0 Å². The highest BCUT2D eigenvalue weighted by atomic mass is 35.5. The molecular weight excluding hydrogens is 278 g/mol. The topological polar surface area (TPSA) is 115 Å². The first-order chi connectivity index (χ1) is 8.32. The van der Waals surface area contributed by atoms with Crippen molar-refractivity contribution in [2.45, 2.75) is 17.1 Å². The molecule has 1 aromatic rings. The molecule has 0 heterocycles. The smallest absolute Gasteiger partial charge is 0.318 e. The minimum absolute atomic E-state index is 0.237. The number of amides is 3. The number of imide groups is 1. The van der Waals surface area contributed by atoms with Crippen LogP contribution < -0.4 is 16.8 Å². The van der Waals surface area contributed by atoms with Crippen LogP contribution in [-0.4, -0.2) is 21.4 Å². The Labute approximate surface area is 111 Å². The Kier molecular flexibility index (Phi) is 4.69. The molecule has 3 amide bonds. The lowest BCUT2D eigenvalue weighted by atomic mass is 10.3. The largest absolute Gasteiger partial charge is 0.399 e. The van der Waals surface area contributed by atoms with Gasteiger partial charge in [0.15, 0.2) is 0 Å². The van der Waals surface area contributed by atoms with Crippen LogP contribution in [0.2, 0.25) is 5.02 Å². The number of nitrogen functional groups attached to an aromatic ring is 1. The Morgan fingerprint density at radius 2 is 2.06 bits per heavy atom. The number of hydrogen-bond acceptors (Lipinski definition) is 4. The lowest BCUT2D eigenvalue weighted by Crippen LogP contribution is -2.42. The van der Waals surface area contributed by atoms with Gasteiger partial charge < -0.3 is 11.5 Å². The average Bonchev–Trinajstić information content (AvgIpc) is 2.29. The molecule has 0 saturated carbocycles. The van der Waals surface area contributed by atoms with E-state index in [4.69, 9.17) is 23.1 Å². The summed E-state index contributed by atoms with van der Waals surface area (Å²) in [5.41, 5.74) is 10.7. The number of halogens is 1. The predicted octanol–water partition coefficient (Wildman–Crippen LogP) is 0.613. The summed E-state index contributed by atoms with van der Waals surface area (Å²) < 4.78 is 12.1. The predicted molar refractivity (Wildman–Crippen MR) is 69.5 cm³/mol. The second-order valence-electron chi connectivity index (χ2n) is 3.48. The van der Waals surface area contributed by atoms with Gasteiger partial charge in [-0.15, -0.1) is 0 Å². The molecule has 0 spiro atoms. The molecule has 0 aliphatic heterocycles. The van der Waals surface area contributed by atoms with E-state index < -0.39 is 28.0 Å². The number of hydrogen-bond donors (Lipinski definition) is 3. The van der Waals surface area contributed by atoms with Crippen molar-refractivity contribution in [3.8, 4) is 0 Å². The van der Waals surface area contributed by atoms with E-state index in [2.05, 4.69) is 0 Å². The van der Waals surface area contributed by atoms with Crippen LogP contribution in [0.5, 0.6) is 0 Å². The van der Waals surface area contributed by atoms with Gasteiger partial charge in [0.2, 0.25) is 5.91 Å². The van der Waals surface area contributed by atoms with Crippen LogP contribution in [0.15, 0.2) is 23.1 Å². The minimum atomic E-state index is -1.73. The van der Waals surface area contributed by atoms with Crippen molar-refractivity contribution in [1.29, 1.82) is 0 Å². The highest BCUT2D eigenvalue weighted by molar-refractivity contribution is 7.86. The first-order valence-electron chi connectivity index (χ1n) is 4.89. The fourth-order valence-corrected chi connectivity index (χ4v) is 2.68. The van der Waals surface area contributed by atoms with Crippen molar-refractivity contribution in [2.24, 2.45) is 5.73 Å². The standard InChI is InChI=1S/C10H12ClN3O3S/c1-5(9(15)14-10(13)16)18(17)8-4-6(12)2-3-7(8)11/h2-5H,12H2,1H3,(H3,13,14,15,16). The Bertz CT molecular complexity index is 521. The third-order valence-corrected chi connectivity index (χ3v) is 4.18. The van der Waals surface area contributed by atoms with Gasteiger partial charge in [0.05, 0.1) is 20.7 Å². The van der Waals surface area contributed by atoms with Crippen molar-refractivity contribution < 1.29 is 13.8 Å². The van der Waals surface area contributed by atoms with Gasteiger partial charge in [-0.25, -0.2) is 4.79 Å². The third-order valence-electron chi connectivity index (χ3n) is 2.11. The fraction of sp³-hybridized carbons (Fsp3) is 0.200. The second kappa shape index (κ2) is 5.83. The number of carbonyl (C=O) groups is 2. The molecule has 18 heavy (non-hydrogen) atoms. The molecule has 6 nitrogen and oxygen atoms in total. The van der Waals surface area contributed by atoms with Crippen molar-refractivity contribution in [3.05, 3.63) is 23.2 Å². The summed E-state index contributed by atoms with van der Waals surface area (Å²) in [4.78, 5) is 22.3. The zero-order valence-electron chi connectivity index (χ0n) is 9.48. The number of benzene rings is 1. The van der Waals surface area contributed by atoms with E-state index in [0.29, 0.717) is 5.69 Å². The molecule has 0 radical (unpaired) electrons. The highest BCUT2D eigenvalue weighted by Gasteiger charge is 2.24. The van der Waals surface area contributed by atoms with E-state index in [9.17, 15) is 13.8 Å². The van der Waals surface area contributed by atoms with Gasteiger partial charge in [-0.1, -0.05) is 11.6 Å². The number of rotatable bonds is 3. The molecule has 8 heteroatoms. The van der Waals surface area contributed by atoms with E-state index in [-0.39, 0.29) is 9.92 Å². The molecule has 0 aliphatic rings. The molecule has 2 atom stereocenters. The van der Waals surface area contributed by atoms with Gasteiger partial charge in [0.1, 0.15) is 5.25 Å². The van der Waals surface area contributed by atoms with Crippen LogP contribution in [0.1, 0.15) is 6.92 Å². The molecule has 98 valence electrons. The lowest BCUT2D eigenvalue weighted by molar-refractivity contribution is -0.119. The second-order valence-corrected chi connectivity index (χ2v) is 5.63. The van der Waals surface area contributed by atoms with Crippen LogP contribution in [0.3, 0.4) is 0 Å². The summed E-state index contributed by atoms with van der Waals surface area (Å²) in [6.07, 6.45) is 0. The number of urea groups is 1. The van der Waals surface area contributed by atoms with Gasteiger partial charge >= 0.3 is 6.03 Å². The molecule has 0 aliphatic carbocycles. The van der Waals surface area contributed by atoms with Crippen LogP contribution in [0.4, 0.5) is 10.5 Å². The minimum Gasteiger partial charge on any atom is -0.399 e. The van der Waals surface area contributed by atoms with E-state index >= 15 is 0 Å². The maximum absolute atomic E-state index is 12.1. The van der Waals surface area contributed by atoms with Gasteiger partial charge in [-0.2, -0.15) is 0 Å². The molecule has 0 aromatic heterocycles. The highest BCUT2D eigenvalue weighted by Crippen LogP contribution is 2.24. The zero-order chi connectivity index (χ0) is 13.9. The van der Waals surface area contributed by atoms with Crippen LogP contribution in [-0.2, 0) is 15.6 Å². The normalized spacial score (nSPS) is 13.7. The van der Waals surface area contributed by atoms with Crippen LogP contribution in [0.25, 0.3) is 0 Å². The van der Waals surface area contributed by atoms with Crippen molar-refractivity contribution in [2.75, 3.05) is 5.73 Å². The zero-order valence-corrected chi connectivity index (χ0v) is 11.0.